The molecule has 0 amide bonds. The Bertz CT molecular complexity index is 939. The first kappa shape index (κ1) is 22.7. The number of ether oxygens (including phenoxy) is 1. The summed E-state index contributed by atoms with van der Waals surface area (Å²) in [6, 6.07) is 4.65. The van der Waals surface area contributed by atoms with Gasteiger partial charge in [-0.3, -0.25) is 9.47 Å². The van der Waals surface area contributed by atoms with Crippen LogP contribution >= 0.6 is 0 Å². The zero-order valence-corrected chi connectivity index (χ0v) is 18.9. The Balaban J connectivity index is 1.31. The average molecular weight is 450 g/mol. The zero-order chi connectivity index (χ0) is 22.8. The average Bonchev–Trinajstić information content (AvgIpc) is 2.99. The summed E-state index contributed by atoms with van der Waals surface area (Å²) in [4.78, 5) is 4.48. The molecule has 1 aliphatic heterocycles. The first-order valence-electron chi connectivity index (χ1n) is 11.5. The molecule has 2 heterocycles. The fourth-order valence-electron chi connectivity index (χ4n) is 4.77. The number of aromatic hydroxyl groups is 2. The van der Waals surface area contributed by atoms with Crippen LogP contribution in [0.1, 0.15) is 37.8 Å². The lowest BCUT2D eigenvalue weighted by Gasteiger charge is -2.37. The number of halogens is 2. The number of aromatic nitrogens is 1. The number of alkyl halides is 1. The molecule has 32 heavy (non-hydrogen) atoms. The van der Waals surface area contributed by atoms with Crippen molar-refractivity contribution in [1.29, 1.82) is 0 Å². The van der Waals surface area contributed by atoms with Gasteiger partial charge in [-0.2, -0.15) is 0 Å². The van der Waals surface area contributed by atoms with E-state index in [-0.39, 0.29) is 30.1 Å². The maximum Gasteiger partial charge on any atom is 0.197 e. The van der Waals surface area contributed by atoms with E-state index in [1.807, 2.05) is 13.8 Å². The predicted molar refractivity (Wildman–Crippen MR) is 120 cm³/mol. The molecular formula is C24H33F2N3O3. The molecule has 4 rings (SSSR count). The number of hydrogen-bond acceptors (Lipinski definition) is 5. The van der Waals surface area contributed by atoms with Crippen LogP contribution in [0.2, 0.25) is 0 Å². The summed E-state index contributed by atoms with van der Waals surface area (Å²) in [5.41, 5.74) is 2.04. The van der Waals surface area contributed by atoms with Crippen molar-refractivity contribution in [2.75, 3.05) is 37.6 Å². The predicted octanol–water partition coefficient (Wildman–Crippen LogP) is 3.86. The van der Waals surface area contributed by atoms with E-state index in [0.717, 1.165) is 44.8 Å². The maximum absolute atomic E-state index is 13.9. The normalized spacial score (nSPS) is 19.4. The van der Waals surface area contributed by atoms with E-state index in [2.05, 4.69) is 9.80 Å². The summed E-state index contributed by atoms with van der Waals surface area (Å²) in [6.07, 6.45) is 0.853. The molecule has 176 valence electrons. The van der Waals surface area contributed by atoms with Gasteiger partial charge >= 0.3 is 0 Å². The molecule has 1 unspecified atom stereocenters. The van der Waals surface area contributed by atoms with Crippen molar-refractivity contribution in [2.24, 2.45) is 0 Å². The molecule has 0 saturated carbocycles. The van der Waals surface area contributed by atoms with Crippen LogP contribution in [-0.2, 0) is 19.4 Å². The third kappa shape index (κ3) is 4.80. The number of benzene rings is 1. The molecule has 1 atom stereocenters. The molecule has 1 aromatic heterocycles. The van der Waals surface area contributed by atoms with Crippen LogP contribution in [-0.4, -0.2) is 64.7 Å². The van der Waals surface area contributed by atoms with Gasteiger partial charge in [0.1, 0.15) is 17.7 Å². The van der Waals surface area contributed by atoms with E-state index < -0.39 is 6.17 Å². The van der Waals surface area contributed by atoms with Gasteiger partial charge in [0.25, 0.3) is 0 Å². The molecule has 2 aromatic rings. The van der Waals surface area contributed by atoms with Gasteiger partial charge in [0, 0.05) is 56.3 Å². The van der Waals surface area contributed by atoms with Crippen molar-refractivity contribution in [1.82, 2.24) is 9.47 Å². The lowest BCUT2D eigenvalue weighted by molar-refractivity contribution is 0.234. The van der Waals surface area contributed by atoms with Crippen molar-refractivity contribution in [3.05, 3.63) is 35.1 Å². The maximum atomic E-state index is 13.9. The van der Waals surface area contributed by atoms with E-state index in [1.54, 1.807) is 6.07 Å². The van der Waals surface area contributed by atoms with E-state index in [0.29, 0.717) is 36.3 Å². The smallest absolute Gasteiger partial charge is 0.197 e. The third-order valence-electron chi connectivity index (χ3n) is 6.40. The van der Waals surface area contributed by atoms with Crippen LogP contribution in [0.15, 0.2) is 18.2 Å². The number of hydrogen-bond donors (Lipinski definition) is 2. The van der Waals surface area contributed by atoms with E-state index in [9.17, 15) is 19.0 Å². The Labute approximate surface area is 188 Å². The Hall–Kier alpha value is -2.48. The van der Waals surface area contributed by atoms with Crippen LogP contribution in [0.25, 0.3) is 0 Å². The van der Waals surface area contributed by atoms with Crippen molar-refractivity contribution in [3.63, 3.8) is 0 Å². The molecule has 1 aromatic carbocycles. The molecule has 8 heteroatoms. The minimum atomic E-state index is -0.954. The summed E-state index contributed by atoms with van der Waals surface area (Å²) in [7, 11) is 0. The van der Waals surface area contributed by atoms with Gasteiger partial charge in [-0.1, -0.05) is 0 Å². The lowest BCUT2D eigenvalue weighted by Crippen LogP contribution is -2.47. The molecule has 2 aliphatic rings. The number of rotatable bonds is 7. The van der Waals surface area contributed by atoms with Gasteiger partial charge in [-0.05, 0) is 51.8 Å². The second-order valence-electron chi connectivity index (χ2n) is 9.06. The van der Waals surface area contributed by atoms with Crippen molar-refractivity contribution in [3.8, 4) is 17.5 Å². The third-order valence-corrected chi connectivity index (χ3v) is 6.40. The molecule has 6 nitrogen and oxygen atoms in total. The fraction of sp³-hybridized carbons (Fsp3) is 0.583. The zero-order valence-electron chi connectivity index (χ0n) is 18.9. The first-order valence-corrected chi connectivity index (χ1v) is 11.5. The van der Waals surface area contributed by atoms with E-state index in [1.165, 1.54) is 16.7 Å². The van der Waals surface area contributed by atoms with Crippen molar-refractivity contribution >= 4 is 5.69 Å². The standard InChI is InChI=1S/C24H33F2N3O3/c1-16(2)32-22-7-5-18(26)15-21(22)28-12-10-27(11-13-28)8-3-9-29-23(30)19-6-4-17(25)14-20(19)24(29)31/h5,7,15-17,30-31H,3-4,6,8-14H2,1-2H3. The summed E-state index contributed by atoms with van der Waals surface area (Å²) < 4.78 is 34.9. The highest BCUT2D eigenvalue weighted by atomic mass is 19.1. The Morgan fingerprint density at radius 2 is 1.78 bits per heavy atom. The highest BCUT2D eigenvalue weighted by Gasteiger charge is 2.29. The second-order valence-corrected chi connectivity index (χ2v) is 9.06. The van der Waals surface area contributed by atoms with Crippen LogP contribution < -0.4 is 9.64 Å². The minimum absolute atomic E-state index is 0.00783. The van der Waals surface area contributed by atoms with E-state index in [4.69, 9.17) is 4.74 Å². The number of nitrogens with zero attached hydrogens (tertiary/aromatic N) is 3. The first-order chi connectivity index (χ1) is 15.3. The Kier molecular flexibility index (Phi) is 6.79. The number of fused-ring (bicyclic) bond motifs is 1. The largest absolute Gasteiger partial charge is 0.494 e. The van der Waals surface area contributed by atoms with Crippen LogP contribution in [0.5, 0.6) is 17.5 Å². The van der Waals surface area contributed by atoms with Crippen LogP contribution in [0, 0.1) is 5.82 Å². The molecule has 1 fully saturated rings. The molecule has 0 spiro atoms. The molecule has 2 N–H and O–H groups in total. The lowest BCUT2D eigenvalue weighted by atomic mass is 9.94. The highest BCUT2D eigenvalue weighted by molar-refractivity contribution is 5.59. The van der Waals surface area contributed by atoms with E-state index >= 15 is 0 Å². The second kappa shape index (κ2) is 9.57. The number of piperazine rings is 1. The van der Waals surface area contributed by atoms with Crippen LogP contribution in [0.3, 0.4) is 0 Å². The van der Waals surface area contributed by atoms with Gasteiger partial charge in [-0.25, -0.2) is 8.78 Å². The van der Waals surface area contributed by atoms with Gasteiger partial charge < -0.3 is 19.8 Å². The molecule has 1 saturated heterocycles. The van der Waals surface area contributed by atoms with Crippen molar-refractivity contribution in [2.45, 2.75) is 58.4 Å². The van der Waals surface area contributed by atoms with Gasteiger partial charge in [0.2, 0.25) is 0 Å². The van der Waals surface area contributed by atoms with Gasteiger partial charge in [0.05, 0.1) is 11.8 Å². The Morgan fingerprint density at radius 3 is 2.50 bits per heavy atom. The summed E-state index contributed by atoms with van der Waals surface area (Å²) in [5, 5.41) is 20.9. The molecule has 1 aliphatic carbocycles. The molecular weight excluding hydrogens is 416 g/mol. The summed E-state index contributed by atoms with van der Waals surface area (Å²) in [6.45, 7) is 8.42. The monoisotopic (exact) mass is 449 g/mol. The summed E-state index contributed by atoms with van der Waals surface area (Å²) in [5.74, 6) is 0.519. The SMILES string of the molecule is CC(C)Oc1ccc(F)cc1N1CCN(CCCn2c(O)c3c(c2O)CC(F)CC3)CC1. The highest BCUT2D eigenvalue weighted by Crippen LogP contribution is 2.39. The quantitative estimate of drug-likeness (QED) is 0.672. The number of anilines is 1. The van der Waals surface area contributed by atoms with Gasteiger partial charge in [0.15, 0.2) is 11.8 Å². The van der Waals surface area contributed by atoms with Crippen LogP contribution in [0.4, 0.5) is 14.5 Å². The fourth-order valence-corrected chi connectivity index (χ4v) is 4.77. The minimum Gasteiger partial charge on any atom is -0.494 e. The van der Waals surface area contributed by atoms with Crippen molar-refractivity contribution < 1.29 is 23.7 Å². The summed E-state index contributed by atoms with van der Waals surface area (Å²) >= 11 is 0. The Morgan fingerprint density at radius 1 is 1.06 bits per heavy atom. The van der Waals surface area contributed by atoms with Gasteiger partial charge in [-0.15, -0.1) is 0 Å². The molecule has 0 radical (unpaired) electrons. The molecule has 0 bridgehead atoms. The topological polar surface area (TPSA) is 61.1 Å².